The van der Waals surface area contributed by atoms with Gasteiger partial charge in [-0.1, -0.05) is 0 Å². The SMILES string of the molecule is COc1ccc(OS(=O)(=O)c2ccc(F)c(C(F)(F)F)c2)cc1. The molecule has 9 heteroatoms. The molecule has 0 bridgehead atoms. The van der Waals surface area contributed by atoms with Crippen molar-refractivity contribution < 1.29 is 34.9 Å². The smallest absolute Gasteiger partial charge is 0.419 e. The van der Waals surface area contributed by atoms with Crippen LogP contribution in [0.3, 0.4) is 0 Å². The highest BCUT2D eigenvalue weighted by Crippen LogP contribution is 2.33. The number of ether oxygens (including phenoxy) is 1. The summed E-state index contributed by atoms with van der Waals surface area (Å²) in [5.74, 6) is -1.25. The second kappa shape index (κ2) is 6.07. The molecule has 0 aromatic heterocycles. The molecule has 4 nitrogen and oxygen atoms in total. The summed E-state index contributed by atoms with van der Waals surface area (Å²) in [4.78, 5) is -0.804. The van der Waals surface area contributed by atoms with Crippen LogP contribution < -0.4 is 8.92 Å². The zero-order chi connectivity index (χ0) is 17.3. The van der Waals surface area contributed by atoms with Gasteiger partial charge in [0, 0.05) is 0 Å². The normalized spacial score (nSPS) is 12.0. The molecule has 0 saturated heterocycles. The fraction of sp³-hybridized carbons (Fsp3) is 0.143. The highest BCUT2D eigenvalue weighted by molar-refractivity contribution is 7.87. The zero-order valence-electron chi connectivity index (χ0n) is 11.6. The first-order valence-corrected chi connectivity index (χ1v) is 7.49. The van der Waals surface area contributed by atoms with Crippen LogP contribution in [0.4, 0.5) is 17.6 Å². The van der Waals surface area contributed by atoms with Crippen LogP contribution in [0, 0.1) is 5.82 Å². The minimum Gasteiger partial charge on any atom is -0.497 e. The molecule has 0 aliphatic carbocycles. The van der Waals surface area contributed by atoms with Gasteiger partial charge < -0.3 is 8.92 Å². The van der Waals surface area contributed by atoms with Crippen LogP contribution in [0.15, 0.2) is 47.4 Å². The largest absolute Gasteiger partial charge is 0.497 e. The third-order valence-electron chi connectivity index (χ3n) is 2.80. The van der Waals surface area contributed by atoms with Gasteiger partial charge in [0.2, 0.25) is 0 Å². The molecule has 0 amide bonds. The van der Waals surface area contributed by atoms with E-state index < -0.39 is 32.6 Å². The molecule has 0 aliphatic heterocycles. The van der Waals surface area contributed by atoms with Gasteiger partial charge in [0.25, 0.3) is 0 Å². The summed E-state index contributed by atoms with van der Waals surface area (Å²) in [6.07, 6.45) is -5.02. The van der Waals surface area contributed by atoms with Gasteiger partial charge in [-0.2, -0.15) is 21.6 Å². The van der Waals surface area contributed by atoms with Gasteiger partial charge in [-0.15, -0.1) is 0 Å². The molecule has 0 aliphatic rings. The average Bonchev–Trinajstić information content (AvgIpc) is 2.46. The van der Waals surface area contributed by atoms with Crippen molar-refractivity contribution in [3.63, 3.8) is 0 Å². The maximum absolute atomic E-state index is 13.2. The van der Waals surface area contributed by atoms with E-state index in [1.54, 1.807) is 0 Å². The van der Waals surface area contributed by atoms with Crippen molar-refractivity contribution in [3.8, 4) is 11.5 Å². The summed E-state index contributed by atoms with van der Waals surface area (Å²) in [5.41, 5.74) is -1.68. The van der Waals surface area contributed by atoms with Crippen LogP contribution in [0.5, 0.6) is 11.5 Å². The van der Waals surface area contributed by atoms with Gasteiger partial charge in [-0.25, -0.2) is 4.39 Å². The Morgan fingerprint density at radius 3 is 2.04 bits per heavy atom. The Kier molecular flexibility index (Phi) is 4.51. The first-order valence-electron chi connectivity index (χ1n) is 6.09. The number of rotatable bonds is 4. The zero-order valence-corrected chi connectivity index (χ0v) is 12.4. The second-order valence-corrected chi connectivity index (χ2v) is 5.90. The van der Waals surface area contributed by atoms with Crippen LogP contribution >= 0.6 is 0 Å². The number of halogens is 4. The fourth-order valence-corrected chi connectivity index (χ4v) is 2.64. The van der Waals surface area contributed by atoms with E-state index in [4.69, 9.17) is 8.92 Å². The number of hydrogen-bond donors (Lipinski definition) is 0. The maximum Gasteiger partial charge on any atom is 0.419 e. The van der Waals surface area contributed by atoms with Gasteiger partial charge in [0.15, 0.2) is 0 Å². The number of benzene rings is 2. The van der Waals surface area contributed by atoms with Crippen LogP contribution in [-0.4, -0.2) is 15.5 Å². The van der Waals surface area contributed by atoms with E-state index in [1.807, 2.05) is 0 Å². The van der Waals surface area contributed by atoms with Gasteiger partial charge in [0.05, 0.1) is 12.7 Å². The predicted molar refractivity (Wildman–Crippen MR) is 72.2 cm³/mol. The molecule has 0 spiro atoms. The average molecular weight is 350 g/mol. The van der Waals surface area contributed by atoms with Crippen molar-refractivity contribution in [2.75, 3.05) is 7.11 Å². The van der Waals surface area contributed by atoms with Gasteiger partial charge in [0.1, 0.15) is 22.2 Å². The van der Waals surface area contributed by atoms with Gasteiger partial charge >= 0.3 is 16.3 Å². The van der Waals surface area contributed by atoms with Crippen molar-refractivity contribution in [1.29, 1.82) is 0 Å². The molecule has 0 unspecified atom stereocenters. The molecule has 0 radical (unpaired) electrons. The molecule has 2 rings (SSSR count). The van der Waals surface area contributed by atoms with E-state index in [0.717, 1.165) is 0 Å². The Labute approximate surface area is 129 Å². The topological polar surface area (TPSA) is 52.6 Å². The second-order valence-electron chi connectivity index (χ2n) is 4.35. The van der Waals surface area contributed by atoms with Crippen molar-refractivity contribution in [2.24, 2.45) is 0 Å². The number of hydrogen-bond acceptors (Lipinski definition) is 4. The molecule has 0 fully saturated rings. The summed E-state index contributed by atoms with van der Waals surface area (Å²) >= 11 is 0. The minimum atomic E-state index is -5.02. The van der Waals surface area contributed by atoms with Crippen LogP contribution in [0.1, 0.15) is 5.56 Å². The standard InChI is InChI=1S/C14H10F4O4S/c1-21-9-2-4-10(5-3-9)22-23(19,20)11-6-7-13(15)12(8-11)14(16,17)18/h2-8H,1H3. The van der Waals surface area contributed by atoms with Crippen molar-refractivity contribution in [3.05, 3.63) is 53.8 Å². The fourth-order valence-electron chi connectivity index (χ4n) is 1.68. The Balaban J connectivity index is 2.35. The van der Waals surface area contributed by atoms with Crippen LogP contribution in [0.25, 0.3) is 0 Å². The van der Waals surface area contributed by atoms with E-state index in [0.29, 0.717) is 17.9 Å². The lowest BCUT2D eigenvalue weighted by atomic mass is 10.2. The van der Waals surface area contributed by atoms with E-state index >= 15 is 0 Å². The Hall–Kier alpha value is -2.29. The molecule has 2 aromatic carbocycles. The summed E-state index contributed by atoms with van der Waals surface area (Å²) in [5, 5.41) is 0. The lowest BCUT2D eigenvalue weighted by Gasteiger charge is -2.11. The predicted octanol–water partition coefficient (Wildman–Crippen LogP) is 3.62. The lowest BCUT2D eigenvalue weighted by molar-refractivity contribution is -0.140. The first-order chi connectivity index (χ1) is 10.6. The molecule has 23 heavy (non-hydrogen) atoms. The Morgan fingerprint density at radius 1 is 0.957 bits per heavy atom. The molecule has 2 aromatic rings. The van der Waals surface area contributed by atoms with E-state index in [9.17, 15) is 26.0 Å². The van der Waals surface area contributed by atoms with Crippen molar-refractivity contribution in [1.82, 2.24) is 0 Å². The molecular formula is C14H10F4O4S. The first kappa shape index (κ1) is 17.1. The molecule has 0 N–H and O–H groups in total. The molecule has 0 saturated carbocycles. The van der Waals surface area contributed by atoms with Crippen molar-refractivity contribution in [2.45, 2.75) is 11.1 Å². The number of methoxy groups -OCH3 is 1. The maximum atomic E-state index is 13.2. The highest BCUT2D eigenvalue weighted by atomic mass is 32.2. The summed E-state index contributed by atoms with van der Waals surface area (Å²) < 4.78 is 84.7. The molecule has 0 heterocycles. The van der Waals surface area contributed by atoms with E-state index in [1.165, 1.54) is 31.4 Å². The lowest BCUT2D eigenvalue weighted by Crippen LogP contribution is -2.13. The number of alkyl halides is 3. The van der Waals surface area contributed by atoms with Gasteiger partial charge in [-0.05, 0) is 42.5 Å². The summed E-state index contributed by atoms with van der Waals surface area (Å²) in [6.45, 7) is 0. The Bertz CT molecular complexity index is 799. The molecular weight excluding hydrogens is 340 g/mol. The van der Waals surface area contributed by atoms with Crippen molar-refractivity contribution >= 4 is 10.1 Å². The van der Waals surface area contributed by atoms with E-state index in [-0.39, 0.29) is 11.8 Å². The molecule has 0 atom stereocenters. The van der Waals surface area contributed by atoms with E-state index in [2.05, 4.69) is 0 Å². The summed E-state index contributed by atoms with van der Waals surface area (Å²) in [7, 11) is -3.13. The Morgan fingerprint density at radius 2 is 1.52 bits per heavy atom. The third kappa shape index (κ3) is 3.92. The highest BCUT2D eigenvalue weighted by Gasteiger charge is 2.35. The minimum absolute atomic E-state index is 0.122. The quantitative estimate of drug-likeness (QED) is 0.624. The summed E-state index contributed by atoms with van der Waals surface area (Å²) in [6, 6.07) is 6.67. The third-order valence-corrected chi connectivity index (χ3v) is 4.04. The van der Waals surface area contributed by atoms with Gasteiger partial charge in [-0.3, -0.25) is 0 Å². The monoisotopic (exact) mass is 350 g/mol. The van der Waals surface area contributed by atoms with Crippen LogP contribution in [0.2, 0.25) is 0 Å². The van der Waals surface area contributed by atoms with Crippen LogP contribution in [-0.2, 0) is 16.3 Å². The molecule has 124 valence electrons.